The average molecular weight is 442 g/mol. The first-order valence-electron chi connectivity index (χ1n) is 7.99. The number of alkyl halides is 1. The summed E-state index contributed by atoms with van der Waals surface area (Å²) >= 11 is 2.18. The first kappa shape index (κ1) is 20.8. The summed E-state index contributed by atoms with van der Waals surface area (Å²) in [6.45, 7) is 6.80. The lowest BCUT2D eigenvalue weighted by Gasteiger charge is -2.16. The van der Waals surface area contributed by atoms with Gasteiger partial charge in [0.25, 0.3) is 0 Å². The molecule has 1 aliphatic heterocycles. The smallest absolute Gasteiger partial charge is 0.246 e. The van der Waals surface area contributed by atoms with E-state index in [9.17, 15) is 9.59 Å². The van der Waals surface area contributed by atoms with Gasteiger partial charge in [-0.05, 0) is 42.5 Å². The van der Waals surface area contributed by atoms with Crippen LogP contribution in [0.5, 0.6) is 0 Å². The Labute approximate surface area is 151 Å². The molecule has 8 heteroatoms. The molecule has 23 heavy (non-hydrogen) atoms. The minimum absolute atomic E-state index is 0.00620. The summed E-state index contributed by atoms with van der Waals surface area (Å²) in [5, 5.41) is 6.04. The summed E-state index contributed by atoms with van der Waals surface area (Å²) in [4.78, 5) is 23.0. The molecule has 0 radical (unpaired) electrons. The fourth-order valence-corrected chi connectivity index (χ4v) is 2.85. The molecule has 1 aliphatic rings. The van der Waals surface area contributed by atoms with Gasteiger partial charge in [-0.1, -0.05) is 6.92 Å². The van der Waals surface area contributed by atoms with Gasteiger partial charge in [-0.3, -0.25) is 4.79 Å². The van der Waals surface area contributed by atoms with Crippen molar-refractivity contribution in [1.29, 1.82) is 0 Å². The van der Waals surface area contributed by atoms with Crippen LogP contribution in [0.25, 0.3) is 0 Å². The van der Waals surface area contributed by atoms with Gasteiger partial charge in [-0.25, -0.2) is 0 Å². The van der Waals surface area contributed by atoms with E-state index in [1.54, 1.807) is 6.92 Å². The molecule has 0 aliphatic carbocycles. The van der Waals surface area contributed by atoms with Crippen LogP contribution in [0.1, 0.15) is 26.7 Å². The monoisotopic (exact) mass is 442 g/mol. The highest BCUT2D eigenvalue weighted by Crippen LogP contribution is 2.32. The normalized spacial score (nSPS) is 21.0. The summed E-state index contributed by atoms with van der Waals surface area (Å²) in [5.41, 5.74) is 0. The van der Waals surface area contributed by atoms with Crippen molar-refractivity contribution < 1.29 is 23.8 Å². The standard InChI is InChI=1S/C15H27IN2O5/c1-3-17-6-7-21-8-9-22-10-13(20)18-12(5-4-11(2)19)14-15(16)23-14/h12,14-15,17H,3-10H2,1-2H3,(H,18,20). The van der Waals surface area contributed by atoms with E-state index in [2.05, 4.69) is 33.2 Å². The van der Waals surface area contributed by atoms with Gasteiger partial charge in [-0.2, -0.15) is 0 Å². The number of halogens is 1. The Morgan fingerprint density at radius 3 is 2.57 bits per heavy atom. The van der Waals surface area contributed by atoms with Gasteiger partial charge >= 0.3 is 0 Å². The number of rotatable bonds is 14. The molecule has 2 N–H and O–H groups in total. The van der Waals surface area contributed by atoms with Gasteiger partial charge in [0, 0.05) is 13.0 Å². The minimum atomic E-state index is -0.190. The third-order valence-corrected chi connectivity index (χ3v) is 4.30. The molecular weight excluding hydrogens is 415 g/mol. The SMILES string of the molecule is CCNCCOCCOCC(=O)NC(CCC(C)=O)C1OC1I. The van der Waals surface area contributed by atoms with Crippen LogP contribution in [-0.2, 0) is 23.8 Å². The van der Waals surface area contributed by atoms with E-state index in [-0.39, 0.29) is 34.6 Å². The Kier molecular flexibility index (Phi) is 10.9. The lowest BCUT2D eigenvalue weighted by molar-refractivity contribution is -0.127. The molecule has 7 nitrogen and oxygen atoms in total. The number of Topliss-reactive ketones (excluding diaryl/α,β-unsaturated/α-hetero) is 1. The average Bonchev–Trinajstić information content (AvgIpc) is 3.23. The molecule has 1 saturated heterocycles. The fourth-order valence-electron chi connectivity index (χ4n) is 2.01. The van der Waals surface area contributed by atoms with Gasteiger partial charge in [-0.15, -0.1) is 0 Å². The van der Waals surface area contributed by atoms with Crippen LogP contribution in [0.2, 0.25) is 0 Å². The van der Waals surface area contributed by atoms with Crippen molar-refractivity contribution in [3.8, 4) is 0 Å². The van der Waals surface area contributed by atoms with Crippen LogP contribution in [0.3, 0.4) is 0 Å². The third kappa shape index (κ3) is 10.2. The zero-order valence-corrected chi connectivity index (χ0v) is 16.0. The van der Waals surface area contributed by atoms with Crippen LogP contribution in [0.15, 0.2) is 0 Å². The van der Waals surface area contributed by atoms with E-state index in [0.717, 1.165) is 13.1 Å². The van der Waals surface area contributed by atoms with E-state index < -0.39 is 0 Å². The minimum Gasteiger partial charge on any atom is -0.378 e. The van der Waals surface area contributed by atoms with Crippen LogP contribution in [-0.4, -0.2) is 67.5 Å². The zero-order chi connectivity index (χ0) is 17.1. The summed E-state index contributed by atoms with van der Waals surface area (Å²) in [6, 6.07) is -0.131. The number of epoxide rings is 1. The Morgan fingerprint density at radius 1 is 1.26 bits per heavy atom. The maximum absolute atomic E-state index is 11.9. The lowest BCUT2D eigenvalue weighted by Crippen LogP contribution is -2.41. The molecule has 0 aromatic carbocycles. The van der Waals surface area contributed by atoms with Gasteiger partial charge in [0.05, 0.1) is 25.9 Å². The molecular formula is C15H27IN2O5. The van der Waals surface area contributed by atoms with Crippen molar-refractivity contribution in [3.63, 3.8) is 0 Å². The molecule has 0 aromatic heterocycles. The van der Waals surface area contributed by atoms with E-state index in [1.165, 1.54) is 0 Å². The highest BCUT2D eigenvalue weighted by molar-refractivity contribution is 14.1. The molecule has 1 heterocycles. The summed E-state index contributed by atoms with van der Waals surface area (Å²) in [7, 11) is 0. The Bertz CT molecular complexity index is 370. The maximum atomic E-state index is 11.9. The van der Waals surface area contributed by atoms with E-state index in [1.807, 2.05) is 6.92 Å². The summed E-state index contributed by atoms with van der Waals surface area (Å²) in [5.74, 6) is -0.0776. The highest BCUT2D eigenvalue weighted by atomic mass is 127. The van der Waals surface area contributed by atoms with E-state index in [0.29, 0.717) is 32.7 Å². The number of likely N-dealkylation sites (N-methyl/N-ethyl adjacent to an activating group) is 1. The van der Waals surface area contributed by atoms with Gasteiger partial charge in [0.1, 0.15) is 22.6 Å². The molecule has 0 aromatic rings. The third-order valence-electron chi connectivity index (χ3n) is 3.30. The molecule has 0 spiro atoms. The fraction of sp³-hybridized carbons (Fsp3) is 0.867. The van der Waals surface area contributed by atoms with E-state index in [4.69, 9.17) is 14.2 Å². The first-order chi connectivity index (χ1) is 11.0. The van der Waals surface area contributed by atoms with Gasteiger partial charge in [0.2, 0.25) is 5.91 Å². The first-order valence-corrected chi connectivity index (χ1v) is 9.23. The number of hydrogen-bond acceptors (Lipinski definition) is 6. The quantitative estimate of drug-likeness (QED) is 0.178. The number of hydrogen-bond donors (Lipinski definition) is 2. The predicted octanol–water partition coefficient (Wildman–Crippen LogP) is 0.643. The molecule has 0 bridgehead atoms. The van der Waals surface area contributed by atoms with Gasteiger partial charge in [0.15, 0.2) is 0 Å². The van der Waals surface area contributed by atoms with Crippen LogP contribution in [0.4, 0.5) is 0 Å². The second-order valence-corrected chi connectivity index (χ2v) is 6.61. The maximum Gasteiger partial charge on any atom is 0.246 e. The van der Waals surface area contributed by atoms with E-state index >= 15 is 0 Å². The van der Waals surface area contributed by atoms with Crippen molar-refractivity contribution >= 4 is 34.3 Å². The lowest BCUT2D eigenvalue weighted by atomic mass is 10.1. The molecule has 3 atom stereocenters. The topological polar surface area (TPSA) is 89.2 Å². The Hall–Kier alpha value is -0.290. The molecule has 1 amide bonds. The second-order valence-electron chi connectivity index (χ2n) is 5.39. The molecule has 1 rings (SSSR count). The number of ether oxygens (including phenoxy) is 3. The second kappa shape index (κ2) is 12.1. The summed E-state index contributed by atoms with van der Waals surface area (Å²) in [6.07, 6.45) is 1.03. The van der Waals surface area contributed by atoms with Crippen molar-refractivity contribution in [1.82, 2.24) is 10.6 Å². The van der Waals surface area contributed by atoms with Crippen LogP contribution >= 0.6 is 22.6 Å². The Morgan fingerprint density at radius 2 is 1.96 bits per heavy atom. The zero-order valence-electron chi connectivity index (χ0n) is 13.8. The number of carbonyl (C=O) groups is 2. The predicted molar refractivity (Wildman–Crippen MR) is 94.7 cm³/mol. The number of amides is 1. The van der Waals surface area contributed by atoms with Crippen molar-refractivity contribution in [2.45, 2.75) is 42.9 Å². The number of carbonyl (C=O) groups excluding carboxylic acids is 2. The molecule has 1 fully saturated rings. The molecule has 0 saturated carbocycles. The number of nitrogens with one attached hydrogen (secondary N) is 2. The highest BCUT2D eigenvalue weighted by Gasteiger charge is 2.43. The molecule has 134 valence electrons. The van der Waals surface area contributed by atoms with Gasteiger partial charge < -0.3 is 29.6 Å². The largest absolute Gasteiger partial charge is 0.378 e. The number of ketones is 1. The van der Waals surface area contributed by atoms with Crippen LogP contribution in [0, 0.1) is 0 Å². The Balaban J connectivity index is 2.09. The van der Waals surface area contributed by atoms with Crippen molar-refractivity contribution in [3.05, 3.63) is 0 Å². The molecule has 3 unspecified atom stereocenters. The van der Waals surface area contributed by atoms with Crippen molar-refractivity contribution in [2.75, 3.05) is 39.5 Å². The van der Waals surface area contributed by atoms with Crippen LogP contribution < -0.4 is 10.6 Å². The van der Waals surface area contributed by atoms with Crippen molar-refractivity contribution in [2.24, 2.45) is 0 Å². The summed E-state index contributed by atoms with van der Waals surface area (Å²) < 4.78 is 16.1.